The maximum absolute atomic E-state index is 13.0. The molecule has 28 heavy (non-hydrogen) atoms. The van der Waals surface area contributed by atoms with Crippen LogP contribution in [0.25, 0.3) is 0 Å². The van der Waals surface area contributed by atoms with Crippen molar-refractivity contribution in [2.75, 3.05) is 26.2 Å². The van der Waals surface area contributed by atoms with Gasteiger partial charge in [-0.2, -0.15) is 13.2 Å². The molecular weight excluding hydrogens is 395 g/mol. The molecular formula is C19H31ClF3N3O2. The van der Waals surface area contributed by atoms with Crippen LogP contribution in [-0.4, -0.2) is 55.1 Å². The average molecular weight is 426 g/mol. The molecule has 1 saturated carbocycles. The molecule has 2 N–H and O–H groups in total. The molecule has 2 saturated heterocycles. The molecule has 162 valence electrons. The van der Waals surface area contributed by atoms with Gasteiger partial charge in [0.1, 0.15) is 0 Å². The number of piperidine rings is 1. The SMILES string of the molecule is Cl.O=C(NCC1CCCN(C(=O)C2CCCC(C(F)(F)F)C2)C1)C1CCCN1. The summed E-state index contributed by atoms with van der Waals surface area (Å²) in [6.07, 6.45) is 0.486. The summed E-state index contributed by atoms with van der Waals surface area (Å²) in [4.78, 5) is 26.6. The first-order valence-electron chi connectivity index (χ1n) is 10.2. The molecule has 0 aromatic carbocycles. The molecule has 1 aliphatic carbocycles. The van der Waals surface area contributed by atoms with Gasteiger partial charge in [-0.15, -0.1) is 12.4 Å². The highest BCUT2D eigenvalue weighted by Gasteiger charge is 2.44. The Hall–Kier alpha value is -1.02. The summed E-state index contributed by atoms with van der Waals surface area (Å²) < 4.78 is 39.0. The maximum Gasteiger partial charge on any atom is 0.391 e. The fourth-order valence-electron chi connectivity index (χ4n) is 4.68. The van der Waals surface area contributed by atoms with Crippen LogP contribution < -0.4 is 10.6 Å². The molecule has 2 amide bonds. The van der Waals surface area contributed by atoms with Crippen molar-refractivity contribution in [3.05, 3.63) is 0 Å². The van der Waals surface area contributed by atoms with Crippen molar-refractivity contribution in [1.29, 1.82) is 0 Å². The van der Waals surface area contributed by atoms with Gasteiger partial charge >= 0.3 is 6.18 Å². The van der Waals surface area contributed by atoms with Crippen LogP contribution in [0.3, 0.4) is 0 Å². The summed E-state index contributed by atoms with van der Waals surface area (Å²) in [7, 11) is 0. The van der Waals surface area contributed by atoms with Gasteiger partial charge in [0.25, 0.3) is 0 Å². The lowest BCUT2D eigenvalue weighted by atomic mass is 9.80. The first-order valence-corrected chi connectivity index (χ1v) is 10.2. The number of carbonyl (C=O) groups is 2. The van der Waals surface area contributed by atoms with Gasteiger partial charge in [-0.1, -0.05) is 6.42 Å². The summed E-state index contributed by atoms with van der Waals surface area (Å²) in [5.41, 5.74) is 0. The Bertz CT molecular complexity index is 541. The number of carbonyl (C=O) groups excluding carboxylic acids is 2. The molecule has 0 spiro atoms. The number of hydrogen-bond donors (Lipinski definition) is 2. The van der Waals surface area contributed by atoms with Crippen LogP contribution in [0.5, 0.6) is 0 Å². The highest BCUT2D eigenvalue weighted by atomic mass is 35.5. The Morgan fingerprint density at radius 3 is 2.54 bits per heavy atom. The molecule has 4 atom stereocenters. The summed E-state index contributed by atoms with van der Waals surface area (Å²) in [6, 6.07) is -0.118. The molecule has 3 rings (SSSR count). The van der Waals surface area contributed by atoms with Crippen LogP contribution in [0.4, 0.5) is 13.2 Å². The Morgan fingerprint density at radius 2 is 1.86 bits per heavy atom. The van der Waals surface area contributed by atoms with Crippen molar-refractivity contribution in [1.82, 2.24) is 15.5 Å². The Morgan fingerprint density at radius 1 is 1.07 bits per heavy atom. The van der Waals surface area contributed by atoms with E-state index in [1.54, 1.807) is 4.90 Å². The van der Waals surface area contributed by atoms with Gasteiger partial charge in [-0.25, -0.2) is 0 Å². The minimum absolute atomic E-state index is 0. The van der Waals surface area contributed by atoms with Crippen LogP contribution >= 0.6 is 12.4 Å². The number of nitrogens with one attached hydrogen (secondary N) is 2. The molecule has 2 heterocycles. The van der Waals surface area contributed by atoms with Crippen molar-refractivity contribution >= 4 is 24.2 Å². The third-order valence-electron chi connectivity index (χ3n) is 6.26. The predicted molar refractivity (Wildman–Crippen MR) is 102 cm³/mol. The van der Waals surface area contributed by atoms with Gasteiger partial charge < -0.3 is 15.5 Å². The minimum Gasteiger partial charge on any atom is -0.354 e. The molecule has 4 unspecified atom stereocenters. The van der Waals surface area contributed by atoms with Crippen molar-refractivity contribution in [3.63, 3.8) is 0 Å². The standard InChI is InChI=1S/C19H30F3N3O2.ClH/c20-19(21,22)15-6-1-5-14(10-15)18(27)25-9-3-4-13(12-25)11-24-17(26)16-7-2-8-23-16;/h13-16,23H,1-12H2,(H,24,26);1H. The molecule has 0 aromatic heterocycles. The lowest BCUT2D eigenvalue weighted by Crippen LogP contribution is -2.48. The van der Waals surface area contributed by atoms with E-state index < -0.39 is 18.0 Å². The van der Waals surface area contributed by atoms with Gasteiger partial charge in [-0.3, -0.25) is 9.59 Å². The Kier molecular flexibility index (Phi) is 8.43. The van der Waals surface area contributed by atoms with Gasteiger partial charge in [-0.05, 0) is 57.4 Å². The van der Waals surface area contributed by atoms with E-state index in [-0.39, 0.29) is 49.0 Å². The zero-order chi connectivity index (χ0) is 19.4. The fraction of sp³-hybridized carbons (Fsp3) is 0.895. The largest absolute Gasteiger partial charge is 0.391 e. The second-order valence-corrected chi connectivity index (χ2v) is 8.29. The second-order valence-electron chi connectivity index (χ2n) is 8.29. The fourth-order valence-corrected chi connectivity index (χ4v) is 4.68. The van der Waals surface area contributed by atoms with Crippen LogP contribution in [0.1, 0.15) is 51.4 Å². The Labute approximate surface area is 170 Å². The van der Waals surface area contributed by atoms with Crippen LogP contribution in [0.15, 0.2) is 0 Å². The van der Waals surface area contributed by atoms with Crippen molar-refractivity contribution in [2.24, 2.45) is 17.8 Å². The topological polar surface area (TPSA) is 61.4 Å². The summed E-state index contributed by atoms with van der Waals surface area (Å²) in [5.74, 6) is -1.80. The van der Waals surface area contributed by atoms with Gasteiger partial charge in [0.2, 0.25) is 11.8 Å². The lowest BCUT2D eigenvalue weighted by molar-refractivity contribution is -0.187. The number of amides is 2. The third-order valence-corrected chi connectivity index (χ3v) is 6.26. The molecule has 0 aromatic rings. The molecule has 0 radical (unpaired) electrons. The molecule has 2 aliphatic heterocycles. The lowest BCUT2D eigenvalue weighted by Gasteiger charge is -2.37. The van der Waals surface area contributed by atoms with Crippen LogP contribution in [-0.2, 0) is 9.59 Å². The van der Waals surface area contributed by atoms with E-state index in [0.717, 1.165) is 32.2 Å². The summed E-state index contributed by atoms with van der Waals surface area (Å²) in [5, 5.41) is 6.13. The summed E-state index contributed by atoms with van der Waals surface area (Å²) in [6.45, 7) is 2.53. The molecule has 3 aliphatic rings. The first-order chi connectivity index (χ1) is 12.8. The van der Waals surface area contributed by atoms with E-state index in [1.165, 1.54) is 0 Å². The number of hydrogen-bond acceptors (Lipinski definition) is 3. The highest BCUT2D eigenvalue weighted by Crippen LogP contribution is 2.40. The van der Waals surface area contributed by atoms with E-state index in [2.05, 4.69) is 10.6 Å². The summed E-state index contributed by atoms with van der Waals surface area (Å²) >= 11 is 0. The number of alkyl halides is 3. The minimum atomic E-state index is -4.21. The van der Waals surface area contributed by atoms with Crippen LogP contribution in [0, 0.1) is 17.8 Å². The zero-order valence-corrected chi connectivity index (χ0v) is 16.9. The number of rotatable bonds is 4. The predicted octanol–water partition coefficient (Wildman–Crippen LogP) is 2.88. The van der Waals surface area contributed by atoms with Gasteiger partial charge in [0, 0.05) is 25.6 Å². The number of likely N-dealkylation sites (tertiary alicyclic amines) is 1. The van der Waals surface area contributed by atoms with Crippen molar-refractivity contribution < 1.29 is 22.8 Å². The van der Waals surface area contributed by atoms with E-state index in [1.807, 2.05) is 0 Å². The number of nitrogens with zero attached hydrogens (tertiary/aromatic N) is 1. The van der Waals surface area contributed by atoms with E-state index >= 15 is 0 Å². The molecule has 9 heteroatoms. The van der Waals surface area contributed by atoms with Crippen LogP contribution in [0.2, 0.25) is 0 Å². The number of halogens is 4. The van der Waals surface area contributed by atoms with Crippen molar-refractivity contribution in [3.8, 4) is 0 Å². The zero-order valence-electron chi connectivity index (χ0n) is 16.1. The second kappa shape index (κ2) is 10.1. The molecule has 3 fully saturated rings. The third kappa shape index (κ3) is 5.99. The first kappa shape index (κ1) is 23.3. The normalized spacial score (nSPS) is 31.2. The maximum atomic E-state index is 13.0. The average Bonchev–Trinajstić information content (AvgIpc) is 3.20. The quantitative estimate of drug-likeness (QED) is 0.728. The van der Waals surface area contributed by atoms with Gasteiger partial charge in [0.05, 0.1) is 12.0 Å². The smallest absolute Gasteiger partial charge is 0.354 e. The van der Waals surface area contributed by atoms with E-state index in [4.69, 9.17) is 0 Å². The highest BCUT2D eigenvalue weighted by molar-refractivity contribution is 5.85. The van der Waals surface area contributed by atoms with Crippen molar-refractivity contribution in [2.45, 2.75) is 63.6 Å². The van der Waals surface area contributed by atoms with E-state index in [0.29, 0.717) is 32.5 Å². The van der Waals surface area contributed by atoms with Gasteiger partial charge in [0.15, 0.2) is 0 Å². The molecule has 0 bridgehead atoms. The molecule has 5 nitrogen and oxygen atoms in total. The Balaban J connectivity index is 0.00000280. The van der Waals surface area contributed by atoms with E-state index in [9.17, 15) is 22.8 Å². The monoisotopic (exact) mass is 425 g/mol.